The Morgan fingerprint density at radius 1 is 1.16 bits per heavy atom. The molecule has 2 fully saturated rings. The van der Waals surface area contributed by atoms with Crippen LogP contribution in [-0.2, 0) is 18.0 Å². The molecule has 0 bridgehead atoms. The fraction of sp³-hybridized carbons (Fsp3) is 0.450. The summed E-state index contributed by atoms with van der Waals surface area (Å²) in [6.45, 7) is 1.49. The Labute approximate surface area is 175 Å². The highest BCUT2D eigenvalue weighted by Gasteiger charge is 2.53. The SMILES string of the molecule is Cc1cc(C(F)(F)F)cc(N2C(=O)C3CCCC3C2c2nncn2-c2ccn(C)n2)n1. The number of hydrogen-bond donors (Lipinski definition) is 0. The number of carbonyl (C=O) groups is 1. The molecule has 0 N–H and O–H groups in total. The van der Waals surface area contributed by atoms with Gasteiger partial charge in [0.15, 0.2) is 11.6 Å². The number of alkyl halides is 3. The predicted octanol–water partition coefficient (Wildman–Crippen LogP) is 3.23. The molecular formula is C20H20F3N7O. The van der Waals surface area contributed by atoms with Crippen molar-refractivity contribution in [1.82, 2.24) is 29.5 Å². The van der Waals surface area contributed by atoms with Crippen molar-refractivity contribution in [3.05, 3.63) is 47.8 Å². The molecular weight excluding hydrogens is 411 g/mol. The number of halogens is 3. The van der Waals surface area contributed by atoms with Crippen molar-refractivity contribution in [2.45, 2.75) is 38.4 Å². The number of aromatic nitrogens is 6. The van der Waals surface area contributed by atoms with E-state index in [1.807, 2.05) is 0 Å². The first-order chi connectivity index (χ1) is 14.7. The zero-order valence-corrected chi connectivity index (χ0v) is 16.9. The van der Waals surface area contributed by atoms with Crippen LogP contribution in [0.2, 0.25) is 0 Å². The van der Waals surface area contributed by atoms with Crippen molar-refractivity contribution in [2.75, 3.05) is 4.90 Å². The van der Waals surface area contributed by atoms with E-state index in [0.29, 0.717) is 18.1 Å². The standard InChI is InChI=1S/C20H20F3N7O/c1-11-8-12(20(21,22)23)9-16(25-11)30-17(13-4-3-5-14(13)19(30)31)18-26-24-10-29(18)15-6-7-28(2)27-15/h6-10,13-14,17H,3-5H2,1-2H3. The molecule has 3 aromatic heterocycles. The minimum Gasteiger partial charge on any atom is -0.285 e. The Kier molecular flexibility index (Phi) is 4.38. The minimum atomic E-state index is -4.54. The summed E-state index contributed by atoms with van der Waals surface area (Å²) in [5, 5.41) is 12.7. The molecule has 162 valence electrons. The Morgan fingerprint density at radius 2 is 1.97 bits per heavy atom. The van der Waals surface area contributed by atoms with Crippen LogP contribution in [0.3, 0.4) is 0 Å². The molecule has 3 aromatic rings. The largest absolute Gasteiger partial charge is 0.416 e. The maximum Gasteiger partial charge on any atom is 0.416 e. The number of hydrogen-bond acceptors (Lipinski definition) is 5. The van der Waals surface area contributed by atoms with Crippen LogP contribution >= 0.6 is 0 Å². The lowest BCUT2D eigenvalue weighted by Gasteiger charge is -2.27. The van der Waals surface area contributed by atoms with Gasteiger partial charge in [0.05, 0.1) is 5.56 Å². The smallest absolute Gasteiger partial charge is 0.285 e. The van der Waals surface area contributed by atoms with Crippen LogP contribution in [0.1, 0.15) is 42.4 Å². The van der Waals surface area contributed by atoms with Crippen LogP contribution in [0.5, 0.6) is 0 Å². The highest BCUT2D eigenvalue weighted by atomic mass is 19.4. The van der Waals surface area contributed by atoms with Crippen LogP contribution in [-0.4, -0.2) is 35.4 Å². The normalized spacial score (nSPS) is 23.6. The zero-order valence-electron chi connectivity index (χ0n) is 16.9. The van der Waals surface area contributed by atoms with Gasteiger partial charge in [-0.2, -0.15) is 18.3 Å². The summed E-state index contributed by atoms with van der Waals surface area (Å²) >= 11 is 0. The second-order valence-corrected chi connectivity index (χ2v) is 8.11. The highest BCUT2D eigenvalue weighted by Crippen LogP contribution is 2.51. The number of carbonyl (C=O) groups excluding carboxylic acids is 1. The number of pyridine rings is 1. The maximum atomic E-state index is 13.5. The molecule has 5 rings (SSSR count). The molecule has 1 saturated heterocycles. The summed E-state index contributed by atoms with van der Waals surface area (Å²) in [5.74, 6) is 0.482. The molecule has 1 aliphatic carbocycles. The van der Waals surface area contributed by atoms with E-state index < -0.39 is 17.8 Å². The Hall–Kier alpha value is -3.24. The fourth-order valence-corrected chi connectivity index (χ4v) is 4.83. The van der Waals surface area contributed by atoms with Crippen molar-refractivity contribution in [3.8, 4) is 5.82 Å². The molecule has 2 aliphatic rings. The van der Waals surface area contributed by atoms with Crippen LogP contribution in [0.4, 0.5) is 19.0 Å². The molecule has 1 saturated carbocycles. The summed E-state index contributed by atoms with van der Waals surface area (Å²) in [6, 6.07) is 3.14. The van der Waals surface area contributed by atoms with Gasteiger partial charge in [-0.25, -0.2) is 4.98 Å². The van der Waals surface area contributed by atoms with Gasteiger partial charge >= 0.3 is 6.18 Å². The van der Waals surface area contributed by atoms with E-state index in [0.717, 1.165) is 25.0 Å². The molecule has 8 nitrogen and oxygen atoms in total. The number of amides is 1. The summed E-state index contributed by atoms with van der Waals surface area (Å²) in [5.41, 5.74) is -0.635. The van der Waals surface area contributed by atoms with Crippen molar-refractivity contribution < 1.29 is 18.0 Å². The van der Waals surface area contributed by atoms with E-state index in [4.69, 9.17) is 0 Å². The van der Waals surface area contributed by atoms with Gasteiger partial charge in [0, 0.05) is 30.9 Å². The second-order valence-electron chi connectivity index (χ2n) is 8.11. The number of rotatable bonds is 3. The first-order valence-corrected chi connectivity index (χ1v) is 10.0. The van der Waals surface area contributed by atoms with Crippen molar-refractivity contribution in [2.24, 2.45) is 18.9 Å². The number of nitrogens with zero attached hydrogens (tertiary/aromatic N) is 7. The zero-order chi connectivity index (χ0) is 21.9. The van der Waals surface area contributed by atoms with Crippen molar-refractivity contribution in [3.63, 3.8) is 0 Å². The third-order valence-electron chi connectivity index (χ3n) is 6.11. The van der Waals surface area contributed by atoms with Gasteiger partial charge in [0.2, 0.25) is 5.91 Å². The van der Waals surface area contributed by atoms with E-state index in [1.54, 1.807) is 28.6 Å². The monoisotopic (exact) mass is 431 g/mol. The van der Waals surface area contributed by atoms with E-state index in [-0.39, 0.29) is 29.3 Å². The predicted molar refractivity (Wildman–Crippen MR) is 103 cm³/mol. The van der Waals surface area contributed by atoms with E-state index >= 15 is 0 Å². The number of fused-ring (bicyclic) bond motifs is 1. The van der Waals surface area contributed by atoms with Crippen molar-refractivity contribution >= 4 is 11.7 Å². The van der Waals surface area contributed by atoms with Gasteiger partial charge in [0.25, 0.3) is 0 Å². The third kappa shape index (κ3) is 3.19. The average Bonchev–Trinajstić information content (AvgIpc) is 3.46. The van der Waals surface area contributed by atoms with Crippen LogP contribution in [0.25, 0.3) is 5.82 Å². The maximum absolute atomic E-state index is 13.5. The average molecular weight is 431 g/mol. The summed E-state index contributed by atoms with van der Waals surface area (Å²) in [4.78, 5) is 19.0. The Balaban J connectivity index is 1.65. The molecule has 11 heteroatoms. The van der Waals surface area contributed by atoms with Crippen LogP contribution in [0.15, 0.2) is 30.7 Å². The molecule has 3 atom stereocenters. The Bertz CT molecular complexity index is 1150. The summed E-state index contributed by atoms with van der Waals surface area (Å²) in [7, 11) is 1.78. The van der Waals surface area contributed by atoms with Gasteiger partial charge in [-0.15, -0.1) is 10.2 Å². The molecule has 0 spiro atoms. The lowest BCUT2D eigenvalue weighted by atomic mass is 9.93. The van der Waals surface area contributed by atoms with E-state index in [1.165, 1.54) is 18.2 Å². The van der Waals surface area contributed by atoms with Crippen LogP contribution < -0.4 is 4.90 Å². The third-order valence-corrected chi connectivity index (χ3v) is 6.11. The minimum absolute atomic E-state index is 0.00713. The van der Waals surface area contributed by atoms with Gasteiger partial charge in [-0.05, 0) is 37.8 Å². The van der Waals surface area contributed by atoms with Crippen molar-refractivity contribution in [1.29, 1.82) is 0 Å². The quantitative estimate of drug-likeness (QED) is 0.636. The molecule has 4 heterocycles. The first-order valence-electron chi connectivity index (χ1n) is 10.0. The van der Waals surface area contributed by atoms with Gasteiger partial charge in [-0.1, -0.05) is 6.42 Å². The number of anilines is 1. The summed E-state index contributed by atoms with van der Waals surface area (Å²) < 4.78 is 43.7. The molecule has 0 radical (unpaired) electrons. The highest BCUT2D eigenvalue weighted by molar-refractivity contribution is 5.98. The molecule has 1 aliphatic heterocycles. The summed E-state index contributed by atoms with van der Waals surface area (Å²) in [6.07, 6.45) is 1.11. The molecule has 0 aromatic carbocycles. The van der Waals surface area contributed by atoms with E-state index in [9.17, 15) is 18.0 Å². The topological polar surface area (TPSA) is 81.7 Å². The Morgan fingerprint density at radius 3 is 2.68 bits per heavy atom. The second kappa shape index (κ2) is 6.89. The molecule has 31 heavy (non-hydrogen) atoms. The van der Waals surface area contributed by atoms with Gasteiger partial charge in [0.1, 0.15) is 18.2 Å². The van der Waals surface area contributed by atoms with E-state index in [2.05, 4.69) is 20.3 Å². The number of aryl methyl sites for hydroxylation is 2. The first kappa shape index (κ1) is 19.7. The van der Waals surface area contributed by atoms with Crippen LogP contribution in [0, 0.1) is 18.8 Å². The molecule has 3 unspecified atom stereocenters. The van der Waals surface area contributed by atoms with Gasteiger partial charge < -0.3 is 0 Å². The van der Waals surface area contributed by atoms with Gasteiger partial charge in [-0.3, -0.25) is 18.9 Å². The fourth-order valence-electron chi connectivity index (χ4n) is 4.83. The lowest BCUT2D eigenvalue weighted by Crippen LogP contribution is -2.33. The lowest BCUT2D eigenvalue weighted by molar-refractivity contribution is -0.137. The molecule has 1 amide bonds.